The summed E-state index contributed by atoms with van der Waals surface area (Å²) in [6.07, 6.45) is 4.27. The van der Waals surface area contributed by atoms with Crippen molar-refractivity contribution in [2.45, 2.75) is 38.3 Å². The summed E-state index contributed by atoms with van der Waals surface area (Å²) in [7, 11) is 0.370. The minimum absolute atomic E-state index is 0.370. The smallest absolute Gasteiger partial charge is 0.0197 e. The van der Waals surface area contributed by atoms with E-state index in [2.05, 4.69) is 22.9 Å². The molecule has 0 nitrogen and oxygen atoms in total. The zero-order valence-corrected chi connectivity index (χ0v) is 9.33. The van der Waals surface area contributed by atoms with Crippen LogP contribution in [-0.2, 0) is 0 Å². The van der Waals surface area contributed by atoms with Crippen LogP contribution >= 0.6 is 15.9 Å². The first-order chi connectivity index (χ1) is 4.41. The summed E-state index contributed by atoms with van der Waals surface area (Å²) in [5.41, 5.74) is 0. The van der Waals surface area contributed by atoms with Gasteiger partial charge in [-0.3, -0.25) is 0 Å². The lowest BCUT2D eigenvalue weighted by molar-refractivity contribution is 0.889. The molecule has 0 aliphatic heterocycles. The minimum atomic E-state index is 0.370. The van der Waals surface area contributed by atoms with E-state index < -0.39 is 0 Å². The van der Waals surface area contributed by atoms with Gasteiger partial charge in [0.2, 0.25) is 0 Å². The van der Waals surface area contributed by atoms with Gasteiger partial charge >= 0.3 is 0 Å². The van der Waals surface area contributed by atoms with Gasteiger partial charge in [-0.2, -0.15) is 0 Å². The Hall–Kier alpha value is 0.697. The number of rotatable bonds is 6. The number of hydrogen-bond donors (Lipinski definition) is 0. The van der Waals surface area contributed by atoms with Crippen LogP contribution in [0.1, 0.15) is 26.2 Å². The third kappa shape index (κ3) is 8.70. The van der Waals surface area contributed by atoms with Crippen LogP contribution in [0.5, 0.6) is 0 Å². The molecule has 0 unspecified atom stereocenters. The van der Waals surface area contributed by atoms with Crippen LogP contribution in [0.4, 0.5) is 0 Å². The Kier molecular flexibility index (Phi) is 9.37. The zero-order valence-electron chi connectivity index (χ0n) is 6.33. The number of halogens is 1. The molecule has 0 fully saturated rings. The van der Waals surface area contributed by atoms with Crippen molar-refractivity contribution >= 4 is 25.4 Å². The van der Waals surface area contributed by atoms with Gasteiger partial charge in [-0.25, -0.2) is 0 Å². The SMILES string of the molecule is CCC[SiH2]CCCCBr. The van der Waals surface area contributed by atoms with E-state index in [1.165, 1.54) is 24.6 Å². The molecule has 0 amide bonds. The maximum atomic E-state index is 3.43. The Morgan fingerprint density at radius 3 is 2.56 bits per heavy atom. The van der Waals surface area contributed by atoms with E-state index >= 15 is 0 Å². The Bertz CT molecular complexity index is 42.2. The Morgan fingerprint density at radius 1 is 1.22 bits per heavy atom. The van der Waals surface area contributed by atoms with Crippen molar-refractivity contribution in [2.24, 2.45) is 0 Å². The molecule has 0 heterocycles. The topological polar surface area (TPSA) is 0 Å². The molecule has 0 aromatic rings. The fourth-order valence-corrected chi connectivity index (χ4v) is 2.83. The van der Waals surface area contributed by atoms with Crippen LogP contribution in [-0.4, -0.2) is 14.8 Å². The molecule has 0 saturated carbocycles. The molecule has 0 aliphatic rings. The molecule has 0 spiro atoms. The van der Waals surface area contributed by atoms with Crippen molar-refractivity contribution < 1.29 is 0 Å². The Labute approximate surface area is 69.4 Å². The zero-order chi connectivity index (χ0) is 6.95. The van der Waals surface area contributed by atoms with E-state index in [-0.39, 0.29) is 0 Å². The van der Waals surface area contributed by atoms with E-state index in [4.69, 9.17) is 0 Å². The average molecular weight is 209 g/mol. The monoisotopic (exact) mass is 208 g/mol. The van der Waals surface area contributed by atoms with Crippen molar-refractivity contribution in [3.8, 4) is 0 Å². The Balaban J connectivity index is 2.60. The second-order valence-electron chi connectivity index (χ2n) is 2.46. The fourth-order valence-electron chi connectivity index (χ4n) is 0.875. The summed E-state index contributed by atoms with van der Waals surface area (Å²) in [4.78, 5) is 0. The maximum Gasteiger partial charge on any atom is 0.0197 e. The number of unbranched alkanes of at least 4 members (excludes halogenated alkanes) is 1. The molecule has 2 heteroatoms. The molecular weight excluding hydrogens is 192 g/mol. The second-order valence-corrected chi connectivity index (χ2v) is 5.37. The molecule has 0 bridgehead atoms. The normalized spacial score (nSPS) is 11.3. The van der Waals surface area contributed by atoms with Crippen molar-refractivity contribution in [2.75, 3.05) is 5.33 Å². The number of hydrogen-bond acceptors (Lipinski definition) is 0. The summed E-state index contributed by atoms with van der Waals surface area (Å²) in [6, 6.07) is 3.13. The second kappa shape index (κ2) is 8.70. The van der Waals surface area contributed by atoms with Gasteiger partial charge in [0, 0.05) is 14.8 Å². The third-order valence-corrected chi connectivity index (χ3v) is 4.26. The van der Waals surface area contributed by atoms with Gasteiger partial charge in [0.15, 0.2) is 0 Å². The van der Waals surface area contributed by atoms with Gasteiger partial charge < -0.3 is 0 Å². The average Bonchev–Trinajstić information content (AvgIpc) is 1.89. The molecule has 0 saturated heterocycles. The van der Waals surface area contributed by atoms with Crippen LogP contribution in [0.3, 0.4) is 0 Å². The molecule has 9 heavy (non-hydrogen) atoms. The van der Waals surface area contributed by atoms with E-state index in [1.807, 2.05) is 0 Å². The van der Waals surface area contributed by atoms with Gasteiger partial charge in [0.25, 0.3) is 0 Å². The Morgan fingerprint density at radius 2 is 2.00 bits per heavy atom. The molecule has 0 aromatic carbocycles. The molecule has 0 N–H and O–H groups in total. The van der Waals surface area contributed by atoms with Crippen LogP contribution in [0.15, 0.2) is 0 Å². The lowest BCUT2D eigenvalue weighted by Crippen LogP contribution is -1.87. The van der Waals surface area contributed by atoms with Gasteiger partial charge in [-0.15, -0.1) is 0 Å². The highest BCUT2D eigenvalue weighted by Crippen LogP contribution is 2.00. The largest absolute Gasteiger partial charge is 0.0928 e. The fraction of sp³-hybridized carbons (Fsp3) is 1.00. The molecule has 56 valence electrons. The maximum absolute atomic E-state index is 3.43. The lowest BCUT2D eigenvalue weighted by atomic mass is 10.4. The summed E-state index contributed by atoms with van der Waals surface area (Å²) < 4.78 is 0. The molecule has 0 rings (SSSR count). The molecular formula is C7H17BrSi. The number of alkyl halides is 1. The minimum Gasteiger partial charge on any atom is -0.0928 e. The highest BCUT2D eigenvalue weighted by molar-refractivity contribution is 9.09. The summed E-state index contributed by atoms with van der Waals surface area (Å²) in [5.74, 6) is 0. The van der Waals surface area contributed by atoms with Crippen molar-refractivity contribution in [1.82, 2.24) is 0 Å². The van der Waals surface area contributed by atoms with E-state index in [0.29, 0.717) is 9.52 Å². The van der Waals surface area contributed by atoms with Gasteiger partial charge in [-0.1, -0.05) is 47.8 Å². The summed E-state index contributed by atoms with van der Waals surface area (Å²) >= 11 is 3.43. The van der Waals surface area contributed by atoms with Crippen molar-refractivity contribution in [3.63, 3.8) is 0 Å². The highest BCUT2D eigenvalue weighted by Gasteiger charge is 1.87. The van der Waals surface area contributed by atoms with Crippen LogP contribution in [0.25, 0.3) is 0 Å². The first kappa shape index (κ1) is 9.70. The summed E-state index contributed by atoms with van der Waals surface area (Å²) in [6.45, 7) is 2.29. The van der Waals surface area contributed by atoms with Crippen LogP contribution < -0.4 is 0 Å². The van der Waals surface area contributed by atoms with Crippen molar-refractivity contribution in [3.05, 3.63) is 0 Å². The molecule has 0 atom stereocenters. The first-order valence-corrected chi connectivity index (χ1v) is 7.10. The van der Waals surface area contributed by atoms with Crippen LogP contribution in [0, 0.1) is 0 Å². The van der Waals surface area contributed by atoms with Crippen molar-refractivity contribution in [1.29, 1.82) is 0 Å². The van der Waals surface area contributed by atoms with E-state index in [9.17, 15) is 0 Å². The predicted molar refractivity (Wildman–Crippen MR) is 51.5 cm³/mol. The van der Waals surface area contributed by atoms with E-state index in [0.717, 1.165) is 0 Å². The predicted octanol–water partition coefficient (Wildman–Crippen LogP) is 2.58. The first-order valence-electron chi connectivity index (χ1n) is 3.97. The van der Waals surface area contributed by atoms with E-state index in [1.54, 1.807) is 12.1 Å². The summed E-state index contributed by atoms with van der Waals surface area (Å²) in [5, 5.41) is 1.20. The highest BCUT2D eigenvalue weighted by atomic mass is 79.9. The van der Waals surface area contributed by atoms with Gasteiger partial charge in [0.05, 0.1) is 0 Å². The third-order valence-electron chi connectivity index (χ3n) is 1.49. The van der Waals surface area contributed by atoms with Crippen LogP contribution in [0.2, 0.25) is 12.1 Å². The van der Waals surface area contributed by atoms with Gasteiger partial charge in [0.1, 0.15) is 0 Å². The quantitative estimate of drug-likeness (QED) is 0.358. The standard InChI is InChI=1S/C7H17BrSi/c1-2-6-9-7-4-3-5-8/h2-7,9H2,1H3. The molecule has 0 radical (unpaired) electrons. The lowest BCUT2D eigenvalue weighted by Gasteiger charge is -1.94. The molecule has 0 aliphatic carbocycles. The van der Waals surface area contributed by atoms with Gasteiger partial charge in [-0.05, 0) is 6.42 Å². The molecule has 0 aromatic heterocycles.